The molecule has 0 spiro atoms. The minimum absolute atomic E-state index is 0.0778. The Kier molecular flexibility index (Phi) is 21.3. The Morgan fingerprint density at radius 3 is 1.56 bits per heavy atom. The molecule has 18 atom stereocenters. The molecule has 8 aliphatic rings. The van der Waals surface area contributed by atoms with E-state index >= 15 is 0 Å². The van der Waals surface area contributed by atoms with Gasteiger partial charge in [0.1, 0.15) is 0 Å². The Morgan fingerprint density at radius 1 is 0.533 bits per heavy atom. The summed E-state index contributed by atoms with van der Waals surface area (Å²) in [7, 11) is 0. The van der Waals surface area contributed by atoms with Crippen LogP contribution in [0.5, 0.6) is 0 Å². The Hall–Kier alpha value is -1.09. The Balaban J connectivity index is 0.951. The fraction of sp³-hybridized carbons (Fsp3) is 0.931. The highest BCUT2D eigenvalue weighted by Gasteiger charge is 2.63. The first-order chi connectivity index (χ1) is 35.9. The van der Waals surface area contributed by atoms with Crippen molar-refractivity contribution in [1.29, 1.82) is 0 Å². The number of rotatable bonds is 29. The molecule has 0 aromatic rings. The van der Waals surface area contributed by atoms with Gasteiger partial charge in [0.25, 0.3) is 0 Å². The maximum Gasteiger partial charge on any atom is 0.303 e. The molecule has 75 heavy (non-hydrogen) atoms. The van der Waals surface area contributed by atoms with Gasteiger partial charge < -0.3 is 9.84 Å². The fourth-order valence-corrected chi connectivity index (χ4v) is 21.7. The van der Waals surface area contributed by atoms with Crippen molar-refractivity contribution >= 4 is 5.97 Å². The third-order valence-corrected chi connectivity index (χ3v) is 25.8. The number of hydrogen-bond donors (Lipinski definition) is 1. The monoisotopic (exact) mass is 1040 g/mol. The molecule has 0 aromatic heterocycles. The van der Waals surface area contributed by atoms with Crippen molar-refractivity contribution in [2.45, 2.75) is 320 Å². The van der Waals surface area contributed by atoms with Crippen LogP contribution in [0.1, 0.15) is 307 Å². The van der Waals surface area contributed by atoms with E-state index in [1.807, 2.05) is 0 Å². The molecule has 1 N–H and O–H groups in total. The zero-order chi connectivity index (χ0) is 53.5. The van der Waals surface area contributed by atoms with E-state index in [-0.39, 0.29) is 17.4 Å². The van der Waals surface area contributed by atoms with Crippen molar-refractivity contribution in [3.8, 4) is 0 Å². The maximum absolute atomic E-state index is 13.1. The van der Waals surface area contributed by atoms with E-state index in [9.17, 15) is 9.90 Å². The van der Waals surface area contributed by atoms with Gasteiger partial charge in [0.05, 0.1) is 12.2 Å². The van der Waals surface area contributed by atoms with Gasteiger partial charge in [0, 0.05) is 6.42 Å². The Morgan fingerprint density at radius 2 is 1.03 bits per heavy atom. The van der Waals surface area contributed by atoms with Crippen LogP contribution in [0.4, 0.5) is 0 Å². The Labute approximate surface area is 465 Å². The molecule has 8 rings (SSSR count). The first-order valence-electron chi connectivity index (χ1n) is 34.2. The van der Waals surface area contributed by atoms with Crippen LogP contribution in [0.2, 0.25) is 0 Å². The number of unbranched alkanes of at least 4 members (excludes halogenated alkanes) is 12. The van der Waals surface area contributed by atoms with Crippen molar-refractivity contribution in [3.05, 3.63) is 23.3 Å². The van der Waals surface area contributed by atoms with Crippen molar-refractivity contribution in [1.82, 2.24) is 0 Å². The van der Waals surface area contributed by atoms with E-state index in [2.05, 4.69) is 88.3 Å². The zero-order valence-electron chi connectivity index (χ0n) is 51.6. The topological polar surface area (TPSA) is 46.5 Å². The van der Waals surface area contributed by atoms with Crippen LogP contribution in [0.25, 0.3) is 0 Å². The molecule has 0 saturated heterocycles. The number of ether oxygens (including phenoxy) is 1. The molecule has 0 amide bonds. The van der Waals surface area contributed by atoms with Crippen molar-refractivity contribution in [3.63, 3.8) is 0 Å². The molecule has 0 aromatic carbocycles. The van der Waals surface area contributed by atoms with E-state index in [0.717, 1.165) is 90.8 Å². The van der Waals surface area contributed by atoms with Crippen LogP contribution in [-0.2, 0) is 9.53 Å². The third-order valence-electron chi connectivity index (χ3n) is 25.8. The van der Waals surface area contributed by atoms with Gasteiger partial charge in [0.2, 0.25) is 0 Å². The summed E-state index contributed by atoms with van der Waals surface area (Å²) in [6, 6.07) is 0. The summed E-state index contributed by atoms with van der Waals surface area (Å²) in [5.74, 6) is 9.99. The van der Waals surface area contributed by atoms with Gasteiger partial charge in [-0.25, -0.2) is 0 Å². The summed E-state index contributed by atoms with van der Waals surface area (Å²) < 4.78 is 7.62. The Bertz CT molecular complexity index is 1840. The van der Waals surface area contributed by atoms with Gasteiger partial charge in [-0.05, 0) is 207 Å². The van der Waals surface area contributed by atoms with E-state index in [1.54, 1.807) is 11.1 Å². The van der Waals surface area contributed by atoms with Crippen molar-refractivity contribution < 1.29 is 14.6 Å². The zero-order valence-corrected chi connectivity index (χ0v) is 51.6. The quantitative estimate of drug-likeness (QED) is 0.0600. The van der Waals surface area contributed by atoms with Gasteiger partial charge in [-0.3, -0.25) is 4.79 Å². The summed E-state index contributed by atoms with van der Waals surface area (Å²) in [6.07, 6.45) is 53.4. The summed E-state index contributed by atoms with van der Waals surface area (Å²) in [5.41, 5.74) is 4.86. The van der Waals surface area contributed by atoms with Crippen LogP contribution in [-0.4, -0.2) is 23.3 Å². The van der Waals surface area contributed by atoms with E-state index < -0.39 is 5.97 Å². The molecular weight excluding hydrogens is 913 g/mol. The number of carbonyl (C=O) groups is 1. The highest BCUT2D eigenvalue weighted by Crippen LogP contribution is 2.71. The lowest BCUT2D eigenvalue weighted by atomic mass is 9.43. The van der Waals surface area contributed by atoms with E-state index in [4.69, 9.17) is 4.74 Å². The molecule has 0 heterocycles. The summed E-state index contributed by atoms with van der Waals surface area (Å²) in [6.45, 7) is 28.1. The first-order valence-corrected chi connectivity index (χ1v) is 34.2. The van der Waals surface area contributed by atoms with E-state index in [0.29, 0.717) is 40.6 Å². The molecule has 2 unspecified atom stereocenters. The van der Waals surface area contributed by atoms with Crippen LogP contribution >= 0.6 is 0 Å². The molecule has 0 radical (unpaired) electrons. The van der Waals surface area contributed by atoms with Crippen molar-refractivity contribution in [2.75, 3.05) is 0 Å². The van der Waals surface area contributed by atoms with Gasteiger partial charge in [-0.2, -0.15) is 0 Å². The maximum atomic E-state index is 13.1. The number of carboxylic acid groups (broad SMARTS) is 1. The first kappa shape index (κ1) is 60.0. The molecule has 3 nitrogen and oxygen atoms in total. The van der Waals surface area contributed by atoms with Gasteiger partial charge in [-0.1, -0.05) is 221 Å². The lowest BCUT2D eigenvalue weighted by molar-refractivity contribution is -0.143. The molecule has 8 aliphatic carbocycles. The molecular formula is C72H124O3. The van der Waals surface area contributed by atoms with Crippen molar-refractivity contribution in [2.24, 2.45) is 105 Å². The number of hydrogen-bond acceptors (Lipinski definition) is 2. The highest BCUT2D eigenvalue weighted by atomic mass is 16.5. The normalized spacial score (nSPS) is 39.4. The second-order valence-corrected chi connectivity index (χ2v) is 31.0. The standard InChI is InChI=1S/C72H124O3/c1-12-13-14-15-16-17-18-19-20-21-22-23-24-31-54(46-68(73)74)67-49-58(48-56-33-35-60-64-39-37-62(53(7)30-26-28-51(4)5)71(64,10)45-42-66(60)72(56,67)11)75-57-40-43-69(8)55(47-57)32-34-59-63-38-36-61(52(6)29-25-27-50(2)3)70(63,9)44-41-65(59)69/h32-33,50-54,57-67H,12-31,34-49H2,1-11H3,(H,73,74)/t52-,53-,54?,57+,58+,59+,60+,61-,62-,63+,64+,65+,66+,67?,69+,70-,71-,72+/m1/s1. The minimum Gasteiger partial charge on any atom is -0.481 e. The van der Waals surface area contributed by atoms with E-state index in [1.165, 1.54) is 199 Å². The highest BCUT2D eigenvalue weighted by molar-refractivity contribution is 5.67. The summed E-state index contributed by atoms with van der Waals surface area (Å²) >= 11 is 0. The molecule has 430 valence electrons. The number of aliphatic carboxylic acids is 1. The van der Waals surface area contributed by atoms with Gasteiger partial charge in [0.15, 0.2) is 0 Å². The molecule has 0 aliphatic heterocycles. The SMILES string of the molecule is CCCCCCCCCCCCCCCC(CC(=O)O)C1C[C@@H](O[C@H]2CC[C@@]3(C)C(=CC[C@H]4[C@@H]5CC[C@H]([C@H](C)CCCC(C)C)[C@@]5(C)CC[C@@H]43)C2)CC2=CC[C@H]3[C@@H]4CC[C@H]([C@H](C)CCCC(C)C)[C@@]4(C)CC[C@@H]3[C@]21C. The lowest BCUT2D eigenvalue weighted by Gasteiger charge is -2.62. The number of fused-ring (bicyclic) bond motifs is 10. The predicted octanol–water partition coefficient (Wildman–Crippen LogP) is 21.6. The molecule has 0 bridgehead atoms. The second-order valence-electron chi connectivity index (χ2n) is 31.0. The number of carboxylic acids is 1. The van der Waals surface area contributed by atoms with Crippen LogP contribution in [0, 0.1) is 105 Å². The molecule has 6 saturated carbocycles. The van der Waals surface area contributed by atoms with Crippen LogP contribution in [0.3, 0.4) is 0 Å². The smallest absolute Gasteiger partial charge is 0.303 e. The fourth-order valence-electron chi connectivity index (χ4n) is 21.7. The summed E-state index contributed by atoms with van der Waals surface area (Å²) in [5, 5.41) is 10.8. The largest absolute Gasteiger partial charge is 0.481 e. The number of allylic oxidation sites excluding steroid dienone is 2. The lowest BCUT2D eigenvalue weighted by Crippen LogP contribution is -2.56. The second kappa shape index (κ2) is 26.7. The average Bonchev–Trinajstić information content (AvgIpc) is 3.93. The van der Waals surface area contributed by atoms with Crippen LogP contribution < -0.4 is 0 Å². The average molecular weight is 1040 g/mol. The third kappa shape index (κ3) is 13.3. The summed E-state index contributed by atoms with van der Waals surface area (Å²) in [4.78, 5) is 13.1. The molecule has 6 fully saturated rings. The minimum atomic E-state index is -0.568. The molecule has 3 heteroatoms. The van der Waals surface area contributed by atoms with Crippen LogP contribution in [0.15, 0.2) is 23.3 Å². The predicted molar refractivity (Wildman–Crippen MR) is 320 cm³/mol. The van der Waals surface area contributed by atoms with Gasteiger partial charge >= 0.3 is 5.97 Å². The van der Waals surface area contributed by atoms with Gasteiger partial charge in [-0.15, -0.1) is 0 Å².